The number of thiazole rings is 1. The molecule has 0 saturated carbocycles. The molecule has 5 heteroatoms. The van der Waals surface area contributed by atoms with E-state index < -0.39 is 0 Å². The molecule has 5 rings (SSSR count). The second-order valence-electron chi connectivity index (χ2n) is 7.25. The van der Waals surface area contributed by atoms with Crippen LogP contribution in [0, 0.1) is 0 Å². The number of piperazine rings is 1. The van der Waals surface area contributed by atoms with Crippen LogP contribution in [0.3, 0.4) is 0 Å². The van der Waals surface area contributed by atoms with Gasteiger partial charge in [-0.1, -0.05) is 54.6 Å². The number of benzene rings is 2. The number of anilines is 1. The fraction of sp³-hybridized carbons (Fsp3) is 0.217. The Bertz CT molecular complexity index is 1100. The highest BCUT2D eigenvalue weighted by Gasteiger charge is 2.19. The van der Waals surface area contributed by atoms with E-state index >= 15 is 0 Å². The zero-order chi connectivity index (χ0) is 18.9. The van der Waals surface area contributed by atoms with Crippen LogP contribution in [0.1, 0.15) is 0 Å². The lowest BCUT2D eigenvalue weighted by atomic mass is 10.1. The number of hydrogen-bond donors (Lipinski definition) is 0. The summed E-state index contributed by atoms with van der Waals surface area (Å²) < 4.78 is 0. The molecule has 2 aromatic heterocycles. The van der Waals surface area contributed by atoms with Crippen LogP contribution >= 0.6 is 11.3 Å². The van der Waals surface area contributed by atoms with E-state index in [-0.39, 0.29) is 0 Å². The van der Waals surface area contributed by atoms with E-state index in [0.29, 0.717) is 0 Å². The highest BCUT2D eigenvalue weighted by atomic mass is 32.1. The minimum Gasteiger partial charge on any atom is -0.354 e. The van der Waals surface area contributed by atoms with Gasteiger partial charge in [-0.05, 0) is 18.5 Å². The number of aromatic nitrogens is 2. The fourth-order valence-corrected chi connectivity index (χ4v) is 4.50. The van der Waals surface area contributed by atoms with Crippen LogP contribution in [0.4, 0.5) is 5.82 Å². The molecule has 2 aromatic carbocycles. The molecule has 140 valence electrons. The first-order valence-corrected chi connectivity index (χ1v) is 10.5. The molecule has 1 aliphatic rings. The minimum atomic E-state index is 0.949. The monoisotopic (exact) mass is 386 g/mol. The largest absolute Gasteiger partial charge is 0.354 e. The van der Waals surface area contributed by atoms with Gasteiger partial charge < -0.3 is 9.80 Å². The standard InChI is InChI=1S/C23H22N4S/c1-26-11-13-27(14-12-26)22-19-10-6-5-9-18(19)15-20(24-22)21-16-28-23(25-21)17-7-3-2-4-8-17/h2-10,15-16H,11-14H2,1H3. The second-order valence-corrected chi connectivity index (χ2v) is 8.10. The second kappa shape index (κ2) is 7.34. The highest BCUT2D eigenvalue weighted by molar-refractivity contribution is 7.13. The van der Waals surface area contributed by atoms with Crippen molar-refractivity contribution in [2.24, 2.45) is 0 Å². The number of rotatable bonds is 3. The van der Waals surface area contributed by atoms with E-state index in [4.69, 9.17) is 9.97 Å². The van der Waals surface area contributed by atoms with Gasteiger partial charge in [-0.25, -0.2) is 9.97 Å². The molecule has 3 heterocycles. The van der Waals surface area contributed by atoms with Gasteiger partial charge in [0.2, 0.25) is 0 Å². The molecule has 0 spiro atoms. The lowest BCUT2D eigenvalue weighted by Crippen LogP contribution is -2.44. The fourth-order valence-electron chi connectivity index (χ4n) is 3.68. The number of likely N-dealkylation sites (N-methyl/N-ethyl adjacent to an activating group) is 1. The van der Waals surface area contributed by atoms with Gasteiger partial charge in [-0.3, -0.25) is 0 Å². The van der Waals surface area contributed by atoms with Crippen LogP contribution < -0.4 is 4.90 Å². The smallest absolute Gasteiger partial charge is 0.137 e. The average molecular weight is 387 g/mol. The summed E-state index contributed by atoms with van der Waals surface area (Å²) in [6, 6.07) is 21.0. The van der Waals surface area contributed by atoms with Crippen molar-refractivity contribution in [1.29, 1.82) is 0 Å². The third-order valence-corrected chi connectivity index (χ3v) is 6.20. The molecule has 0 radical (unpaired) electrons. The van der Waals surface area contributed by atoms with Gasteiger partial charge in [-0.2, -0.15) is 0 Å². The van der Waals surface area contributed by atoms with Crippen LogP contribution in [-0.4, -0.2) is 48.1 Å². The van der Waals surface area contributed by atoms with Crippen molar-refractivity contribution in [2.45, 2.75) is 0 Å². The van der Waals surface area contributed by atoms with Crippen molar-refractivity contribution in [3.8, 4) is 22.0 Å². The molecule has 0 unspecified atom stereocenters. The Hall–Kier alpha value is -2.76. The predicted octanol–water partition coefficient (Wildman–Crippen LogP) is 4.78. The van der Waals surface area contributed by atoms with E-state index in [1.54, 1.807) is 11.3 Å². The van der Waals surface area contributed by atoms with Crippen LogP contribution in [0.2, 0.25) is 0 Å². The topological polar surface area (TPSA) is 32.3 Å². The Kier molecular flexibility index (Phi) is 4.55. The van der Waals surface area contributed by atoms with Crippen LogP contribution in [0.25, 0.3) is 32.7 Å². The Labute approximate surface area is 169 Å². The molecular formula is C23H22N4S. The van der Waals surface area contributed by atoms with Crippen LogP contribution in [0.15, 0.2) is 66.0 Å². The maximum atomic E-state index is 5.08. The molecule has 0 N–H and O–H groups in total. The van der Waals surface area contributed by atoms with Gasteiger partial charge in [0.15, 0.2) is 0 Å². The molecule has 1 fully saturated rings. The summed E-state index contributed by atoms with van der Waals surface area (Å²) >= 11 is 1.67. The normalized spacial score (nSPS) is 15.2. The molecule has 0 bridgehead atoms. The van der Waals surface area contributed by atoms with Crippen molar-refractivity contribution >= 4 is 27.9 Å². The summed E-state index contributed by atoms with van der Waals surface area (Å²) in [6.07, 6.45) is 0. The summed E-state index contributed by atoms with van der Waals surface area (Å²) in [6.45, 7) is 4.14. The zero-order valence-electron chi connectivity index (χ0n) is 15.9. The Balaban J connectivity index is 1.58. The van der Waals surface area contributed by atoms with E-state index in [0.717, 1.165) is 54.0 Å². The summed E-state index contributed by atoms with van der Waals surface area (Å²) in [4.78, 5) is 14.7. The maximum Gasteiger partial charge on any atom is 0.137 e. The molecule has 28 heavy (non-hydrogen) atoms. The first-order chi connectivity index (χ1) is 13.8. The van der Waals surface area contributed by atoms with E-state index in [9.17, 15) is 0 Å². The van der Waals surface area contributed by atoms with Crippen LogP contribution in [0.5, 0.6) is 0 Å². The lowest BCUT2D eigenvalue weighted by molar-refractivity contribution is 0.312. The highest BCUT2D eigenvalue weighted by Crippen LogP contribution is 2.33. The zero-order valence-corrected chi connectivity index (χ0v) is 16.7. The predicted molar refractivity (Wildman–Crippen MR) is 118 cm³/mol. The van der Waals surface area contributed by atoms with Gasteiger partial charge in [-0.15, -0.1) is 11.3 Å². The average Bonchev–Trinajstić information content (AvgIpc) is 3.25. The first-order valence-electron chi connectivity index (χ1n) is 9.62. The third-order valence-electron chi connectivity index (χ3n) is 5.31. The first kappa shape index (κ1) is 17.3. The molecule has 0 atom stereocenters. The molecule has 4 aromatic rings. The quantitative estimate of drug-likeness (QED) is 0.507. The minimum absolute atomic E-state index is 0.949. The van der Waals surface area contributed by atoms with E-state index in [1.807, 2.05) is 6.07 Å². The van der Waals surface area contributed by atoms with Gasteiger partial charge in [0.1, 0.15) is 16.5 Å². The Morgan fingerprint density at radius 1 is 0.821 bits per heavy atom. The number of nitrogens with zero attached hydrogens (tertiary/aromatic N) is 4. The van der Waals surface area contributed by atoms with E-state index in [2.05, 4.69) is 76.8 Å². The lowest BCUT2D eigenvalue weighted by Gasteiger charge is -2.34. The van der Waals surface area contributed by atoms with Gasteiger partial charge in [0.05, 0.1) is 5.69 Å². The van der Waals surface area contributed by atoms with Gasteiger partial charge in [0.25, 0.3) is 0 Å². The molecule has 4 nitrogen and oxygen atoms in total. The Morgan fingerprint density at radius 3 is 2.39 bits per heavy atom. The number of hydrogen-bond acceptors (Lipinski definition) is 5. The molecule has 1 aliphatic heterocycles. The third kappa shape index (κ3) is 3.28. The van der Waals surface area contributed by atoms with Crippen molar-refractivity contribution in [3.05, 3.63) is 66.0 Å². The Morgan fingerprint density at radius 2 is 1.57 bits per heavy atom. The summed E-state index contributed by atoms with van der Waals surface area (Å²) in [5, 5.41) is 5.59. The summed E-state index contributed by atoms with van der Waals surface area (Å²) in [5.41, 5.74) is 3.05. The van der Waals surface area contributed by atoms with Gasteiger partial charge >= 0.3 is 0 Å². The maximum absolute atomic E-state index is 5.08. The molecule has 1 saturated heterocycles. The van der Waals surface area contributed by atoms with Gasteiger partial charge in [0, 0.05) is 42.5 Å². The SMILES string of the molecule is CN1CCN(c2nc(-c3csc(-c4ccccc4)n3)cc3ccccc23)CC1. The number of pyridine rings is 1. The molecular weight excluding hydrogens is 364 g/mol. The van der Waals surface area contributed by atoms with Crippen molar-refractivity contribution in [2.75, 3.05) is 38.1 Å². The number of fused-ring (bicyclic) bond motifs is 1. The summed E-state index contributed by atoms with van der Waals surface area (Å²) in [7, 11) is 2.18. The van der Waals surface area contributed by atoms with Crippen molar-refractivity contribution < 1.29 is 0 Å². The van der Waals surface area contributed by atoms with Crippen molar-refractivity contribution in [3.63, 3.8) is 0 Å². The molecule has 0 amide bonds. The summed E-state index contributed by atoms with van der Waals surface area (Å²) in [5.74, 6) is 1.08. The molecule has 0 aliphatic carbocycles. The van der Waals surface area contributed by atoms with Crippen molar-refractivity contribution in [1.82, 2.24) is 14.9 Å². The van der Waals surface area contributed by atoms with E-state index in [1.165, 1.54) is 10.8 Å². The van der Waals surface area contributed by atoms with Crippen LogP contribution in [-0.2, 0) is 0 Å².